The molecule has 1 aliphatic heterocycles. The molecule has 1 unspecified atom stereocenters. The third-order valence-electron chi connectivity index (χ3n) is 4.99. The van der Waals surface area contributed by atoms with Crippen LogP contribution in [0.1, 0.15) is 65.0 Å². The zero-order chi connectivity index (χ0) is 16.7. The Balaban J connectivity index is 1.67. The second-order valence-electron chi connectivity index (χ2n) is 6.66. The van der Waals surface area contributed by atoms with Crippen molar-refractivity contribution in [3.05, 3.63) is 44.9 Å². The van der Waals surface area contributed by atoms with E-state index in [1.807, 2.05) is 6.92 Å². The Bertz CT molecular complexity index is 838. The summed E-state index contributed by atoms with van der Waals surface area (Å²) in [4.78, 5) is 34.4. The number of pyridine rings is 1. The van der Waals surface area contributed by atoms with E-state index >= 15 is 0 Å². The first-order valence-corrected chi connectivity index (χ1v) is 8.58. The lowest BCUT2D eigenvalue weighted by Gasteiger charge is -2.23. The van der Waals surface area contributed by atoms with E-state index in [2.05, 4.69) is 20.2 Å². The van der Waals surface area contributed by atoms with Gasteiger partial charge in [-0.3, -0.25) is 14.7 Å². The summed E-state index contributed by atoms with van der Waals surface area (Å²) in [6.07, 6.45) is 5.74. The summed E-state index contributed by atoms with van der Waals surface area (Å²) in [6, 6.07) is 1.65. The second kappa shape index (κ2) is 5.89. The number of aryl methyl sites for hydroxylation is 3. The van der Waals surface area contributed by atoms with Crippen molar-refractivity contribution >= 4 is 5.91 Å². The van der Waals surface area contributed by atoms with E-state index in [1.54, 1.807) is 11.0 Å². The van der Waals surface area contributed by atoms with Crippen molar-refractivity contribution in [3.63, 3.8) is 0 Å². The summed E-state index contributed by atoms with van der Waals surface area (Å²) in [5, 5.41) is 7.03. The predicted molar refractivity (Wildman–Crippen MR) is 87.8 cm³/mol. The van der Waals surface area contributed by atoms with E-state index in [1.165, 1.54) is 0 Å². The van der Waals surface area contributed by atoms with Crippen molar-refractivity contribution in [2.45, 2.75) is 51.5 Å². The minimum Gasteiger partial charge on any atom is -0.328 e. The van der Waals surface area contributed by atoms with Gasteiger partial charge in [0, 0.05) is 12.2 Å². The molecule has 2 aliphatic rings. The van der Waals surface area contributed by atoms with Gasteiger partial charge in [-0.15, -0.1) is 0 Å². The maximum Gasteiger partial charge on any atom is 0.261 e. The van der Waals surface area contributed by atoms with E-state index in [4.69, 9.17) is 0 Å². The number of nitrogens with one attached hydrogen (secondary N) is 2. The van der Waals surface area contributed by atoms with Gasteiger partial charge in [-0.2, -0.15) is 5.10 Å². The van der Waals surface area contributed by atoms with Gasteiger partial charge in [0.2, 0.25) is 0 Å². The van der Waals surface area contributed by atoms with E-state index in [9.17, 15) is 9.59 Å². The molecule has 1 amide bonds. The van der Waals surface area contributed by atoms with Crippen LogP contribution < -0.4 is 5.56 Å². The van der Waals surface area contributed by atoms with Crippen LogP contribution >= 0.6 is 0 Å². The molecular formula is C17H21N5O2. The molecule has 1 atom stereocenters. The minimum atomic E-state index is -0.280. The Hall–Kier alpha value is -2.44. The van der Waals surface area contributed by atoms with Crippen LogP contribution in [0.3, 0.4) is 0 Å². The molecular weight excluding hydrogens is 306 g/mol. The minimum absolute atomic E-state index is 0.155. The molecule has 4 rings (SSSR count). The van der Waals surface area contributed by atoms with Crippen LogP contribution in [0.2, 0.25) is 0 Å². The van der Waals surface area contributed by atoms with Gasteiger partial charge in [-0.1, -0.05) is 0 Å². The maximum atomic E-state index is 13.0. The number of amides is 1. The van der Waals surface area contributed by atoms with Gasteiger partial charge in [0.1, 0.15) is 11.4 Å². The number of carbonyl (C=O) groups excluding carboxylic acids is 1. The van der Waals surface area contributed by atoms with Gasteiger partial charge >= 0.3 is 0 Å². The van der Waals surface area contributed by atoms with Gasteiger partial charge in [-0.05, 0) is 57.1 Å². The van der Waals surface area contributed by atoms with Gasteiger partial charge < -0.3 is 9.88 Å². The summed E-state index contributed by atoms with van der Waals surface area (Å²) < 4.78 is 0. The third-order valence-corrected chi connectivity index (χ3v) is 4.99. The molecule has 0 radical (unpaired) electrons. The van der Waals surface area contributed by atoms with Crippen LogP contribution in [-0.4, -0.2) is 37.5 Å². The number of H-pyrrole nitrogens is 2. The van der Waals surface area contributed by atoms with E-state index in [0.29, 0.717) is 12.4 Å². The molecule has 126 valence electrons. The molecule has 2 N–H and O–H groups in total. The van der Waals surface area contributed by atoms with E-state index < -0.39 is 0 Å². The fraction of sp³-hybridized carbons (Fsp3) is 0.529. The number of hydrogen-bond acceptors (Lipinski definition) is 4. The Labute approximate surface area is 139 Å². The number of aromatic nitrogens is 4. The van der Waals surface area contributed by atoms with Gasteiger partial charge in [0.15, 0.2) is 5.82 Å². The summed E-state index contributed by atoms with van der Waals surface area (Å²) in [7, 11) is 0. The first-order valence-electron chi connectivity index (χ1n) is 8.58. The molecule has 7 heteroatoms. The molecule has 24 heavy (non-hydrogen) atoms. The van der Waals surface area contributed by atoms with Crippen molar-refractivity contribution < 1.29 is 4.79 Å². The molecule has 3 heterocycles. The maximum absolute atomic E-state index is 13.0. The van der Waals surface area contributed by atoms with Crippen LogP contribution in [0, 0.1) is 6.92 Å². The quantitative estimate of drug-likeness (QED) is 0.877. The summed E-state index contributed by atoms with van der Waals surface area (Å²) in [5.74, 6) is 1.15. The Morgan fingerprint density at radius 1 is 1.29 bits per heavy atom. The molecule has 2 aromatic rings. The fourth-order valence-electron chi connectivity index (χ4n) is 3.78. The highest BCUT2D eigenvalue weighted by Gasteiger charge is 2.34. The summed E-state index contributed by atoms with van der Waals surface area (Å²) in [6.45, 7) is 2.47. The van der Waals surface area contributed by atoms with Gasteiger partial charge in [0.05, 0.1) is 6.04 Å². The number of nitrogens with zero attached hydrogens (tertiary/aromatic N) is 3. The zero-order valence-electron chi connectivity index (χ0n) is 13.8. The molecule has 7 nitrogen and oxygen atoms in total. The largest absolute Gasteiger partial charge is 0.328 e. The zero-order valence-corrected chi connectivity index (χ0v) is 13.8. The molecule has 0 bridgehead atoms. The van der Waals surface area contributed by atoms with Crippen LogP contribution in [0.4, 0.5) is 0 Å². The fourth-order valence-corrected chi connectivity index (χ4v) is 3.78. The monoisotopic (exact) mass is 327 g/mol. The SMILES string of the molecule is Cc1nc(C2CCCN2C(=O)c2cc3c([nH]c2=O)CCCC3)n[nH]1. The van der Waals surface area contributed by atoms with Crippen LogP contribution in [-0.2, 0) is 12.8 Å². The number of carbonyl (C=O) groups is 1. The number of rotatable bonds is 2. The smallest absolute Gasteiger partial charge is 0.261 e. The molecule has 1 saturated heterocycles. The molecule has 0 spiro atoms. The molecule has 0 saturated carbocycles. The van der Waals surface area contributed by atoms with Crippen molar-refractivity contribution in [3.8, 4) is 0 Å². The highest BCUT2D eigenvalue weighted by molar-refractivity contribution is 5.94. The first kappa shape index (κ1) is 15.1. The number of aromatic amines is 2. The normalized spacial score (nSPS) is 20.2. The summed E-state index contributed by atoms with van der Waals surface area (Å²) >= 11 is 0. The summed E-state index contributed by atoms with van der Waals surface area (Å²) in [5.41, 5.74) is 2.06. The van der Waals surface area contributed by atoms with Crippen LogP contribution in [0.5, 0.6) is 0 Å². The van der Waals surface area contributed by atoms with Crippen molar-refractivity contribution in [1.29, 1.82) is 0 Å². The molecule has 1 aliphatic carbocycles. The standard InChI is InChI=1S/C17H21N5O2/c1-10-18-15(21-20-10)14-7-4-8-22(14)17(24)12-9-11-5-2-3-6-13(11)19-16(12)23/h9,14H,2-8H2,1H3,(H,19,23)(H,18,20,21). The van der Waals surface area contributed by atoms with Crippen LogP contribution in [0.25, 0.3) is 0 Å². The predicted octanol–water partition coefficient (Wildman–Crippen LogP) is 1.66. The average Bonchev–Trinajstić information content (AvgIpc) is 3.22. The Morgan fingerprint density at radius 3 is 2.92 bits per heavy atom. The lowest BCUT2D eigenvalue weighted by molar-refractivity contribution is 0.0728. The first-order chi connectivity index (χ1) is 11.6. The molecule has 0 aromatic carbocycles. The number of fused-ring (bicyclic) bond motifs is 1. The van der Waals surface area contributed by atoms with Gasteiger partial charge in [0.25, 0.3) is 11.5 Å². The Kier molecular flexibility index (Phi) is 3.70. The van der Waals surface area contributed by atoms with Gasteiger partial charge in [-0.25, -0.2) is 4.98 Å². The highest BCUT2D eigenvalue weighted by Crippen LogP contribution is 2.31. The van der Waals surface area contributed by atoms with Crippen LogP contribution in [0.15, 0.2) is 10.9 Å². The number of likely N-dealkylation sites (tertiary alicyclic amines) is 1. The van der Waals surface area contributed by atoms with Crippen molar-refractivity contribution in [1.82, 2.24) is 25.1 Å². The highest BCUT2D eigenvalue weighted by atomic mass is 16.2. The molecule has 2 aromatic heterocycles. The molecule has 1 fully saturated rings. The van der Waals surface area contributed by atoms with E-state index in [-0.39, 0.29) is 23.1 Å². The lowest BCUT2D eigenvalue weighted by Crippen LogP contribution is -2.35. The van der Waals surface area contributed by atoms with Crippen molar-refractivity contribution in [2.24, 2.45) is 0 Å². The second-order valence-corrected chi connectivity index (χ2v) is 6.66. The van der Waals surface area contributed by atoms with E-state index in [0.717, 1.165) is 55.6 Å². The van der Waals surface area contributed by atoms with Crippen molar-refractivity contribution in [2.75, 3.05) is 6.54 Å². The third kappa shape index (κ3) is 2.53. The topological polar surface area (TPSA) is 94.7 Å². The lowest BCUT2D eigenvalue weighted by atomic mass is 9.95. The average molecular weight is 327 g/mol. The Morgan fingerprint density at radius 2 is 2.12 bits per heavy atom. The number of hydrogen-bond donors (Lipinski definition) is 2.